The van der Waals surface area contributed by atoms with Gasteiger partial charge in [0.2, 0.25) is 5.60 Å². The number of carbonyl (C=O) groups excluding carboxylic acids is 1. The van der Waals surface area contributed by atoms with Crippen LogP contribution in [0.5, 0.6) is 0 Å². The van der Waals surface area contributed by atoms with Crippen LogP contribution in [0.25, 0.3) is 0 Å². The fourth-order valence-corrected chi connectivity index (χ4v) is 0.960. The van der Waals surface area contributed by atoms with Crippen molar-refractivity contribution in [3.63, 3.8) is 0 Å². The summed E-state index contributed by atoms with van der Waals surface area (Å²) in [6.45, 7) is 0. The normalized spacial score (nSPS) is 25.7. The molecular weight excluding hydrogens is 180 g/mol. The van der Waals surface area contributed by atoms with E-state index in [1.54, 1.807) is 0 Å². The third-order valence-electron chi connectivity index (χ3n) is 1.55. The molecule has 0 aromatic rings. The Bertz CT molecular complexity index is 304. The molecule has 0 aromatic heterocycles. The number of carbonyl (C=O) groups is 3. The van der Waals surface area contributed by atoms with Gasteiger partial charge in [-0.15, -0.1) is 0 Å². The van der Waals surface area contributed by atoms with E-state index < -0.39 is 29.9 Å². The topological polar surface area (TPSA) is 101 Å². The van der Waals surface area contributed by atoms with Crippen LogP contribution in [0.3, 0.4) is 0 Å². The van der Waals surface area contributed by atoms with Crippen molar-refractivity contribution >= 4 is 17.9 Å². The zero-order chi connectivity index (χ0) is 10.1. The van der Waals surface area contributed by atoms with Crippen molar-refractivity contribution < 1.29 is 29.3 Å². The van der Waals surface area contributed by atoms with Gasteiger partial charge < -0.3 is 14.9 Å². The van der Waals surface area contributed by atoms with Crippen molar-refractivity contribution in [2.24, 2.45) is 0 Å². The van der Waals surface area contributed by atoms with E-state index in [0.29, 0.717) is 0 Å². The lowest BCUT2D eigenvalue weighted by Gasteiger charge is -2.18. The van der Waals surface area contributed by atoms with E-state index in [1.807, 2.05) is 0 Å². The van der Waals surface area contributed by atoms with Crippen LogP contribution in [0, 0.1) is 0 Å². The van der Waals surface area contributed by atoms with Gasteiger partial charge in [0.15, 0.2) is 0 Å². The summed E-state index contributed by atoms with van der Waals surface area (Å²) < 4.78 is 4.39. The molecule has 0 bridgehead atoms. The maximum atomic E-state index is 10.6. The highest BCUT2D eigenvalue weighted by molar-refractivity contribution is 5.96. The molecule has 0 saturated carbocycles. The lowest BCUT2D eigenvalue weighted by Crippen LogP contribution is -2.40. The van der Waals surface area contributed by atoms with E-state index in [-0.39, 0.29) is 0 Å². The molecule has 0 aliphatic carbocycles. The van der Waals surface area contributed by atoms with Gasteiger partial charge in [-0.1, -0.05) is 0 Å². The molecule has 0 unspecified atom stereocenters. The number of hydrogen-bond donors (Lipinski definition) is 2. The Morgan fingerprint density at radius 1 is 1.46 bits per heavy atom. The van der Waals surface area contributed by atoms with Crippen molar-refractivity contribution in [1.82, 2.24) is 0 Å². The molecule has 1 rings (SSSR count). The third-order valence-corrected chi connectivity index (χ3v) is 1.55. The quantitative estimate of drug-likeness (QED) is 0.570. The Kier molecular flexibility index (Phi) is 2.05. The lowest BCUT2D eigenvalue weighted by atomic mass is 10.0. The maximum Gasteiger partial charge on any atom is 0.352 e. The first kappa shape index (κ1) is 9.24. The second-order valence-corrected chi connectivity index (χ2v) is 2.52. The molecule has 1 aliphatic heterocycles. The molecule has 6 nitrogen and oxygen atoms in total. The fourth-order valence-electron chi connectivity index (χ4n) is 0.960. The SMILES string of the molecule is O=C(O)C[C@]1(C(=O)O)C=CC(=O)O1. The molecule has 0 aromatic carbocycles. The highest BCUT2D eigenvalue weighted by atomic mass is 16.6. The van der Waals surface area contributed by atoms with Crippen molar-refractivity contribution in [3.8, 4) is 0 Å². The second kappa shape index (κ2) is 2.89. The van der Waals surface area contributed by atoms with Crippen molar-refractivity contribution in [2.45, 2.75) is 12.0 Å². The molecule has 0 fully saturated rings. The number of aliphatic carboxylic acids is 2. The summed E-state index contributed by atoms with van der Waals surface area (Å²) in [5, 5.41) is 17.0. The Morgan fingerprint density at radius 3 is 2.38 bits per heavy atom. The minimum absolute atomic E-state index is 0.773. The van der Waals surface area contributed by atoms with Crippen LogP contribution in [-0.2, 0) is 19.1 Å². The van der Waals surface area contributed by atoms with Gasteiger partial charge >= 0.3 is 17.9 Å². The van der Waals surface area contributed by atoms with Crippen LogP contribution < -0.4 is 0 Å². The zero-order valence-corrected chi connectivity index (χ0v) is 6.39. The first-order valence-corrected chi connectivity index (χ1v) is 3.34. The first-order valence-electron chi connectivity index (χ1n) is 3.34. The summed E-state index contributed by atoms with van der Waals surface area (Å²) in [6, 6.07) is 0. The standard InChI is InChI=1S/C7H6O6/c8-4(9)3-7(6(11)12)2-1-5(10)13-7/h1-2H,3H2,(H,8,9)(H,11,12)/t7-/m0/s1. The summed E-state index contributed by atoms with van der Waals surface area (Å²) in [4.78, 5) is 31.5. The van der Waals surface area contributed by atoms with Gasteiger partial charge in [0, 0.05) is 6.08 Å². The molecule has 0 radical (unpaired) electrons. The Morgan fingerprint density at radius 2 is 2.08 bits per heavy atom. The van der Waals surface area contributed by atoms with Crippen LogP contribution in [0.15, 0.2) is 12.2 Å². The zero-order valence-electron chi connectivity index (χ0n) is 6.39. The van der Waals surface area contributed by atoms with Crippen molar-refractivity contribution in [1.29, 1.82) is 0 Å². The van der Waals surface area contributed by atoms with Gasteiger partial charge in [-0.05, 0) is 6.08 Å². The third kappa shape index (κ3) is 1.66. The second-order valence-electron chi connectivity index (χ2n) is 2.52. The van der Waals surface area contributed by atoms with Gasteiger partial charge in [-0.2, -0.15) is 0 Å². The van der Waals surface area contributed by atoms with E-state index >= 15 is 0 Å². The Hall–Kier alpha value is -1.85. The first-order chi connectivity index (χ1) is 5.96. The molecule has 1 heterocycles. The number of hydrogen-bond acceptors (Lipinski definition) is 4. The van der Waals surface area contributed by atoms with Gasteiger partial charge in [0.25, 0.3) is 0 Å². The minimum atomic E-state index is -2.02. The number of carboxylic acids is 2. The Labute approximate surface area is 72.4 Å². The maximum absolute atomic E-state index is 10.6. The number of cyclic esters (lactones) is 1. The monoisotopic (exact) mass is 186 g/mol. The highest BCUT2D eigenvalue weighted by Gasteiger charge is 2.45. The van der Waals surface area contributed by atoms with Crippen LogP contribution in [0.2, 0.25) is 0 Å². The Balaban J connectivity index is 2.91. The van der Waals surface area contributed by atoms with Crippen molar-refractivity contribution in [2.75, 3.05) is 0 Å². The number of rotatable bonds is 3. The predicted molar refractivity (Wildman–Crippen MR) is 37.9 cm³/mol. The summed E-state index contributed by atoms with van der Waals surface area (Å²) in [5.74, 6) is -3.68. The van der Waals surface area contributed by atoms with E-state index in [2.05, 4.69) is 4.74 Å². The van der Waals surface area contributed by atoms with E-state index in [9.17, 15) is 14.4 Å². The summed E-state index contributed by atoms with van der Waals surface area (Å²) in [6.07, 6.45) is 1.06. The fraction of sp³-hybridized carbons (Fsp3) is 0.286. The minimum Gasteiger partial charge on any atom is -0.481 e. The highest BCUT2D eigenvalue weighted by Crippen LogP contribution is 2.24. The van der Waals surface area contributed by atoms with Gasteiger partial charge in [0.05, 0.1) is 0 Å². The summed E-state index contributed by atoms with van der Waals surface area (Å²) in [5.41, 5.74) is -2.02. The van der Waals surface area contributed by atoms with Crippen LogP contribution in [0.1, 0.15) is 6.42 Å². The predicted octanol–water partition coefficient (Wildman–Crippen LogP) is -0.602. The molecule has 13 heavy (non-hydrogen) atoms. The molecule has 0 spiro atoms. The van der Waals surface area contributed by atoms with Gasteiger partial charge in [-0.3, -0.25) is 4.79 Å². The van der Waals surface area contributed by atoms with Gasteiger partial charge in [0.1, 0.15) is 6.42 Å². The molecule has 0 saturated heterocycles. The van der Waals surface area contributed by atoms with Crippen LogP contribution in [0.4, 0.5) is 0 Å². The molecule has 0 amide bonds. The summed E-state index contributed by atoms with van der Waals surface area (Å²) >= 11 is 0. The van der Waals surface area contributed by atoms with Gasteiger partial charge in [-0.25, -0.2) is 9.59 Å². The number of esters is 1. The average molecular weight is 186 g/mol. The average Bonchev–Trinajstić information content (AvgIpc) is 2.31. The molecule has 70 valence electrons. The van der Waals surface area contributed by atoms with E-state index in [4.69, 9.17) is 10.2 Å². The van der Waals surface area contributed by atoms with E-state index in [0.717, 1.165) is 12.2 Å². The largest absolute Gasteiger partial charge is 0.481 e. The van der Waals surface area contributed by atoms with Crippen LogP contribution >= 0.6 is 0 Å². The molecular formula is C7H6O6. The van der Waals surface area contributed by atoms with Crippen molar-refractivity contribution in [3.05, 3.63) is 12.2 Å². The number of carboxylic acid groups (broad SMARTS) is 2. The molecule has 1 atom stereocenters. The summed E-state index contributed by atoms with van der Waals surface area (Å²) in [7, 11) is 0. The number of ether oxygens (including phenoxy) is 1. The smallest absolute Gasteiger partial charge is 0.352 e. The van der Waals surface area contributed by atoms with Crippen LogP contribution in [-0.4, -0.2) is 33.7 Å². The molecule has 2 N–H and O–H groups in total. The molecule has 6 heteroatoms. The van der Waals surface area contributed by atoms with E-state index in [1.165, 1.54) is 0 Å². The molecule has 1 aliphatic rings. The lowest BCUT2D eigenvalue weighted by molar-refractivity contribution is -0.170.